The molecule has 1 heterocycles. The quantitative estimate of drug-likeness (QED) is 0.539. The molecule has 5 N–H and O–H groups in total. The SMILES string of the molecule is Nc1nc2c(Cl)ccc(N)c2[nH]1. The van der Waals surface area contributed by atoms with Crippen LogP contribution in [0.15, 0.2) is 12.1 Å². The summed E-state index contributed by atoms with van der Waals surface area (Å²) in [4.78, 5) is 6.81. The Balaban J connectivity index is 2.93. The van der Waals surface area contributed by atoms with Crippen molar-refractivity contribution in [1.82, 2.24) is 9.97 Å². The number of imidazole rings is 1. The van der Waals surface area contributed by atoms with E-state index < -0.39 is 0 Å². The van der Waals surface area contributed by atoms with Gasteiger partial charge in [-0.3, -0.25) is 0 Å². The maximum absolute atomic E-state index is 5.85. The Bertz CT molecular complexity index is 395. The number of aromatic nitrogens is 2. The first-order valence-corrected chi connectivity index (χ1v) is 3.75. The van der Waals surface area contributed by atoms with Crippen LogP contribution in [0.1, 0.15) is 0 Å². The van der Waals surface area contributed by atoms with Crippen molar-refractivity contribution >= 4 is 34.3 Å². The summed E-state index contributed by atoms with van der Waals surface area (Å²) in [5.41, 5.74) is 13.0. The highest BCUT2D eigenvalue weighted by Gasteiger charge is 2.06. The van der Waals surface area contributed by atoms with Gasteiger partial charge < -0.3 is 16.5 Å². The predicted molar refractivity (Wildman–Crippen MR) is 49.9 cm³/mol. The standard InChI is InChI=1S/C7H7ClN4/c8-3-1-2-4(9)6-5(3)11-7(10)12-6/h1-2H,9H2,(H3,10,11,12). The van der Waals surface area contributed by atoms with E-state index in [1.807, 2.05) is 0 Å². The monoisotopic (exact) mass is 182 g/mol. The van der Waals surface area contributed by atoms with Gasteiger partial charge in [0.05, 0.1) is 16.2 Å². The molecule has 0 bridgehead atoms. The molecule has 12 heavy (non-hydrogen) atoms. The Morgan fingerprint density at radius 1 is 1.33 bits per heavy atom. The maximum Gasteiger partial charge on any atom is 0.198 e. The minimum Gasteiger partial charge on any atom is -0.397 e. The van der Waals surface area contributed by atoms with Crippen molar-refractivity contribution < 1.29 is 0 Å². The van der Waals surface area contributed by atoms with Gasteiger partial charge in [-0.1, -0.05) is 11.6 Å². The number of H-pyrrole nitrogens is 1. The van der Waals surface area contributed by atoms with Crippen molar-refractivity contribution in [2.45, 2.75) is 0 Å². The molecule has 0 radical (unpaired) electrons. The summed E-state index contributed by atoms with van der Waals surface area (Å²) in [5.74, 6) is 0.324. The van der Waals surface area contributed by atoms with Crippen LogP contribution >= 0.6 is 11.6 Å². The molecule has 0 aliphatic carbocycles. The van der Waals surface area contributed by atoms with Crippen LogP contribution in [0.2, 0.25) is 5.02 Å². The van der Waals surface area contributed by atoms with E-state index in [0.717, 1.165) is 0 Å². The van der Waals surface area contributed by atoms with Crippen molar-refractivity contribution in [3.8, 4) is 0 Å². The second kappa shape index (κ2) is 2.28. The van der Waals surface area contributed by atoms with Gasteiger partial charge in [-0.25, -0.2) is 4.98 Å². The number of aromatic amines is 1. The fraction of sp³-hybridized carbons (Fsp3) is 0. The maximum atomic E-state index is 5.85. The second-order valence-corrected chi connectivity index (χ2v) is 2.89. The fourth-order valence-electron chi connectivity index (χ4n) is 1.10. The molecule has 1 aromatic heterocycles. The average molecular weight is 183 g/mol. The lowest BCUT2D eigenvalue weighted by Gasteiger charge is -1.94. The molecule has 0 aliphatic rings. The third-order valence-electron chi connectivity index (χ3n) is 1.65. The van der Waals surface area contributed by atoms with E-state index in [1.54, 1.807) is 12.1 Å². The van der Waals surface area contributed by atoms with Crippen LogP contribution in [0.4, 0.5) is 11.6 Å². The van der Waals surface area contributed by atoms with Crippen LogP contribution in [-0.2, 0) is 0 Å². The minimum absolute atomic E-state index is 0.324. The number of fused-ring (bicyclic) bond motifs is 1. The topological polar surface area (TPSA) is 80.7 Å². The number of nitrogen functional groups attached to an aromatic ring is 2. The molecular weight excluding hydrogens is 176 g/mol. The van der Waals surface area contributed by atoms with Crippen LogP contribution in [-0.4, -0.2) is 9.97 Å². The van der Waals surface area contributed by atoms with Gasteiger partial charge >= 0.3 is 0 Å². The minimum atomic E-state index is 0.324. The van der Waals surface area contributed by atoms with Gasteiger partial charge in [-0.05, 0) is 12.1 Å². The molecule has 4 nitrogen and oxygen atoms in total. The van der Waals surface area contributed by atoms with Crippen molar-refractivity contribution in [3.63, 3.8) is 0 Å². The Hall–Kier alpha value is -1.42. The fourth-order valence-corrected chi connectivity index (χ4v) is 1.30. The van der Waals surface area contributed by atoms with Crippen molar-refractivity contribution in [2.24, 2.45) is 0 Å². The molecule has 0 aliphatic heterocycles. The van der Waals surface area contributed by atoms with Gasteiger partial charge in [0.2, 0.25) is 0 Å². The Kier molecular flexibility index (Phi) is 1.38. The summed E-state index contributed by atoms with van der Waals surface area (Å²) in [6, 6.07) is 3.40. The number of benzene rings is 1. The first kappa shape index (κ1) is 7.24. The zero-order chi connectivity index (χ0) is 8.72. The summed E-state index contributed by atoms with van der Waals surface area (Å²) >= 11 is 5.85. The number of halogens is 1. The highest BCUT2D eigenvalue weighted by atomic mass is 35.5. The third kappa shape index (κ3) is 0.887. The highest BCUT2D eigenvalue weighted by molar-refractivity contribution is 6.35. The molecule has 62 valence electrons. The molecule has 0 saturated carbocycles. The number of anilines is 2. The molecule has 2 aromatic rings. The van der Waals surface area contributed by atoms with E-state index in [2.05, 4.69) is 9.97 Å². The molecule has 0 atom stereocenters. The summed E-state index contributed by atoms with van der Waals surface area (Å²) in [6.07, 6.45) is 0. The molecule has 0 spiro atoms. The number of rotatable bonds is 0. The van der Waals surface area contributed by atoms with Crippen LogP contribution < -0.4 is 11.5 Å². The van der Waals surface area contributed by atoms with Gasteiger partial charge in [0.15, 0.2) is 5.95 Å². The third-order valence-corrected chi connectivity index (χ3v) is 1.95. The van der Waals surface area contributed by atoms with E-state index in [9.17, 15) is 0 Å². The second-order valence-electron chi connectivity index (χ2n) is 2.48. The van der Waals surface area contributed by atoms with E-state index in [1.165, 1.54) is 0 Å². The van der Waals surface area contributed by atoms with Crippen LogP contribution in [0, 0.1) is 0 Å². The number of nitrogens with two attached hydrogens (primary N) is 2. The lowest BCUT2D eigenvalue weighted by Crippen LogP contribution is -1.86. The Labute approximate surface area is 73.5 Å². The summed E-state index contributed by atoms with van der Waals surface area (Å²) in [5, 5.41) is 0.548. The van der Waals surface area contributed by atoms with Gasteiger partial charge in [0, 0.05) is 0 Å². The molecule has 2 rings (SSSR count). The molecule has 0 saturated heterocycles. The first-order valence-electron chi connectivity index (χ1n) is 3.37. The van der Waals surface area contributed by atoms with Crippen LogP contribution in [0.25, 0.3) is 11.0 Å². The smallest absolute Gasteiger partial charge is 0.198 e. The average Bonchev–Trinajstić information content (AvgIpc) is 2.41. The molecule has 5 heteroatoms. The van der Waals surface area contributed by atoms with E-state index in [4.69, 9.17) is 23.1 Å². The zero-order valence-corrected chi connectivity index (χ0v) is 6.89. The summed E-state index contributed by atoms with van der Waals surface area (Å²) in [6.45, 7) is 0. The van der Waals surface area contributed by atoms with Gasteiger partial charge in [0.25, 0.3) is 0 Å². The van der Waals surface area contributed by atoms with Gasteiger partial charge in [-0.15, -0.1) is 0 Å². The number of hydrogen-bond donors (Lipinski definition) is 3. The molecule has 0 amide bonds. The highest BCUT2D eigenvalue weighted by Crippen LogP contribution is 2.26. The number of hydrogen-bond acceptors (Lipinski definition) is 3. The van der Waals surface area contributed by atoms with Crippen molar-refractivity contribution in [2.75, 3.05) is 11.5 Å². The van der Waals surface area contributed by atoms with E-state index in [0.29, 0.717) is 27.7 Å². The lowest BCUT2D eigenvalue weighted by atomic mass is 10.3. The van der Waals surface area contributed by atoms with Crippen LogP contribution in [0.3, 0.4) is 0 Å². The Morgan fingerprint density at radius 2 is 2.08 bits per heavy atom. The number of nitrogens with one attached hydrogen (secondary N) is 1. The molecule has 1 aromatic carbocycles. The Morgan fingerprint density at radius 3 is 2.75 bits per heavy atom. The predicted octanol–water partition coefficient (Wildman–Crippen LogP) is 1.38. The number of nitrogens with zero attached hydrogens (tertiary/aromatic N) is 1. The summed E-state index contributed by atoms with van der Waals surface area (Å²) in [7, 11) is 0. The van der Waals surface area contributed by atoms with Crippen LogP contribution in [0.5, 0.6) is 0 Å². The van der Waals surface area contributed by atoms with Gasteiger partial charge in [0.1, 0.15) is 5.52 Å². The lowest BCUT2D eigenvalue weighted by molar-refractivity contribution is 1.35. The molecule has 0 fully saturated rings. The van der Waals surface area contributed by atoms with E-state index >= 15 is 0 Å². The summed E-state index contributed by atoms with van der Waals surface area (Å²) < 4.78 is 0. The first-order chi connectivity index (χ1) is 5.68. The molecular formula is C7H7ClN4. The van der Waals surface area contributed by atoms with Crippen molar-refractivity contribution in [1.29, 1.82) is 0 Å². The van der Waals surface area contributed by atoms with E-state index in [-0.39, 0.29) is 0 Å². The van der Waals surface area contributed by atoms with Crippen molar-refractivity contribution in [3.05, 3.63) is 17.2 Å². The van der Waals surface area contributed by atoms with Gasteiger partial charge in [-0.2, -0.15) is 0 Å². The zero-order valence-electron chi connectivity index (χ0n) is 6.13. The largest absolute Gasteiger partial charge is 0.397 e. The molecule has 0 unspecified atom stereocenters. The normalized spacial score (nSPS) is 10.8.